The van der Waals surface area contributed by atoms with Gasteiger partial charge in [-0.2, -0.15) is 5.10 Å². The molecule has 0 radical (unpaired) electrons. The average Bonchev–Trinajstić information content (AvgIpc) is 2.87. The Bertz CT molecular complexity index is 578. The lowest BCUT2D eigenvalue weighted by atomic mass is 9.40. The molecule has 5 rings (SSSR count). The summed E-state index contributed by atoms with van der Waals surface area (Å²) < 4.78 is 0. The molecule has 2 N–H and O–H groups in total. The molecule has 0 saturated heterocycles. The Labute approximate surface area is 131 Å². The topological polar surface area (TPSA) is 70.7 Å². The first kappa shape index (κ1) is 14.2. The number of aromatic amines is 1. The van der Waals surface area contributed by atoms with Gasteiger partial charge in [0.15, 0.2) is 0 Å². The Morgan fingerprint density at radius 3 is 2.50 bits per heavy atom. The molecule has 1 amide bonds. The van der Waals surface area contributed by atoms with Gasteiger partial charge in [0.2, 0.25) is 5.91 Å². The lowest BCUT2D eigenvalue weighted by molar-refractivity contribution is -0.170. The van der Waals surface area contributed by atoms with Crippen molar-refractivity contribution in [3.63, 3.8) is 0 Å². The molecular weight excluding hydrogens is 276 g/mol. The molecule has 5 heteroatoms. The van der Waals surface area contributed by atoms with Crippen LogP contribution in [0.15, 0.2) is 6.33 Å². The van der Waals surface area contributed by atoms with Gasteiger partial charge >= 0.3 is 0 Å². The normalized spacial score (nSPS) is 44.0. The Kier molecular flexibility index (Phi) is 2.80. The van der Waals surface area contributed by atoms with Crippen LogP contribution in [0.2, 0.25) is 0 Å². The molecule has 1 aromatic rings. The minimum Gasteiger partial charge on any atom is -0.346 e. The fraction of sp³-hybridized carbons (Fsp3) is 0.824. The molecular formula is C17H26N4O. The minimum atomic E-state index is -0.156. The summed E-state index contributed by atoms with van der Waals surface area (Å²) in [7, 11) is 0. The average molecular weight is 302 g/mol. The summed E-state index contributed by atoms with van der Waals surface area (Å²) >= 11 is 0. The van der Waals surface area contributed by atoms with Crippen molar-refractivity contribution >= 4 is 5.91 Å². The van der Waals surface area contributed by atoms with E-state index in [9.17, 15) is 4.79 Å². The molecule has 1 aromatic heterocycles. The highest BCUT2D eigenvalue weighted by molar-refractivity contribution is 5.83. The van der Waals surface area contributed by atoms with Crippen LogP contribution in [-0.4, -0.2) is 21.1 Å². The summed E-state index contributed by atoms with van der Waals surface area (Å²) in [5, 5.41) is 9.93. The first-order chi connectivity index (χ1) is 10.3. The van der Waals surface area contributed by atoms with Crippen molar-refractivity contribution in [3.05, 3.63) is 12.2 Å². The number of nitrogens with zero attached hydrogens (tertiary/aromatic N) is 2. The van der Waals surface area contributed by atoms with Crippen LogP contribution in [0, 0.1) is 22.2 Å². The highest BCUT2D eigenvalue weighted by atomic mass is 16.2. The van der Waals surface area contributed by atoms with Gasteiger partial charge in [-0.3, -0.25) is 9.89 Å². The minimum absolute atomic E-state index is 0.108. The van der Waals surface area contributed by atoms with Gasteiger partial charge in [0, 0.05) is 0 Å². The number of carbonyl (C=O) groups is 1. The van der Waals surface area contributed by atoms with Crippen molar-refractivity contribution in [1.82, 2.24) is 20.5 Å². The maximum absolute atomic E-state index is 13.1. The second-order valence-corrected chi connectivity index (χ2v) is 8.98. The van der Waals surface area contributed by atoms with E-state index in [2.05, 4.69) is 34.3 Å². The van der Waals surface area contributed by atoms with Crippen LogP contribution in [-0.2, 0) is 4.79 Å². The number of amides is 1. The van der Waals surface area contributed by atoms with E-state index >= 15 is 0 Å². The lowest BCUT2D eigenvalue weighted by Crippen LogP contribution is -2.60. The molecule has 22 heavy (non-hydrogen) atoms. The van der Waals surface area contributed by atoms with Crippen LogP contribution in [0.5, 0.6) is 0 Å². The summed E-state index contributed by atoms with van der Waals surface area (Å²) in [4.78, 5) is 17.3. The number of hydrogen-bond donors (Lipinski definition) is 2. The second kappa shape index (κ2) is 4.33. The largest absolute Gasteiger partial charge is 0.346 e. The Hall–Kier alpha value is -1.39. The number of hydrogen-bond acceptors (Lipinski definition) is 3. The van der Waals surface area contributed by atoms with Gasteiger partial charge in [-0.05, 0) is 62.2 Å². The van der Waals surface area contributed by atoms with E-state index < -0.39 is 0 Å². The zero-order valence-corrected chi connectivity index (χ0v) is 13.8. The molecule has 4 aliphatic carbocycles. The molecule has 120 valence electrons. The standard InChI is InChI=1S/C17H26N4O/c1-11(13-18-10-19-21-13)20-14(22)17-6-12-4-15(2,8-17)7-16(3,5-12)9-17/h10-12H,4-9H2,1-3H3,(H,20,22)(H,18,19,21)/t11-,12?,15+,16+,17?/m0/s1. The molecule has 1 heterocycles. The fourth-order valence-electron chi connectivity index (χ4n) is 6.54. The molecule has 3 atom stereocenters. The first-order valence-electron chi connectivity index (χ1n) is 8.48. The van der Waals surface area contributed by atoms with E-state index in [1.807, 2.05) is 6.92 Å². The third-order valence-corrected chi connectivity index (χ3v) is 6.30. The maximum Gasteiger partial charge on any atom is 0.226 e. The summed E-state index contributed by atoms with van der Waals surface area (Å²) in [6.45, 7) is 6.78. The monoisotopic (exact) mass is 302 g/mol. The van der Waals surface area contributed by atoms with Crippen LogP contribution < -0.4 is 5.32 Å². The number of H-pyrrole nitrogens is 1. The Balaban J connectivity index is 1.57. The van der Waals surface area contributed by atoms with E-state index in [0.29, 0.717) is 10.8 Å². The van der Waals surface area contributed by atoms with E-state index in [1.165, 1.54) is 25.6 Å². The highest BCUT2D eigenvalue weighted by Gasteiger charge is 2.62. The van der Waals surface area contributed by atoms with Crippen molar-refractivity contribution in [1.29, 1.82) is 0 Å². The van der Waals surface area contributed by atoms with E-state index in [-0.39, 0.29) is 17.4 Å². The molecule has 4 aliphatic rings. The van der Waals surface area contributed by atoms with Crippen molar-refractivity contribution in [3.8, 4) is 0 Å². The van der Waals surface area contributed by atoms with Gasteiger partial charge in [-0.15, -0.1) is 0 Å². The van der Waals surface area contributed by atoms with Crippen LogP contribution in [0.3, 0.4) is 0 Å². The van der Waals surface area contributed by atoms with Gasteiger partial charge in [0.1, 0.15) is 12.2 Å². The van der Waals surface area contributed by atoms with Crippen LogP contribution in [0.4, 0.5) is 0 Å². The molecule has 0 aliphatic heterocycles. The number of carbonyl (C=O) groups excluding carboxylic acids is 1. The predicted molar refractivity (Wildman–Crippen MR) is 82.8 cm³/mol. The first-order valence-corrected chi connectivity index (χ1v) is 8.48. The number of aromatic nitrogens is 3. The van der Waals surface area contributed by atoms with Crippen molar-refractivity contribution in [2.75, 3.05) is 0 Å². The third kappa shape index (κ3) is 2.09. The molecule has 0 spiro atoms. The zero-order valence-electron chi connectivity index (χ0n) is 13.8. The van der Waals surface area contributed by atoms with Gasteiger partial charge in [-0.25, -0.2) is 4.98 Å². The SMILES string of the molecule is C[C@H](NC(=O)C12CC3C[C@@](C)(C1)C[C@@](C)(C3)C2)c1ncn[nH]1. The molecule has 4 bridgehead atoms. The second-order valence-electron chi connectivity index (χ2n) is 8.98. The molecule has 0 aromatic carbocycles. The third-order valence-electron chi connectivity index (χ3n) is 6.30. The smallest absolute Gasteiger partial charge is 0.226 e. The van der Waals surface area contributed by atoms with Crippen molar-refractivity contribution in [2.24, 2.45) is 22.2 Å². The molecule has 4 fully saturated rings. The van der Waals surface area contributed by atoms with Gasteiger partial charge < -0.3 is 5.32 Å². The number of rotatable bonds is 3. The van der Waals surface area contributed by atoms with Gasteiger partial charge in [-0.1, -0.05) is 13.8 Å². The van der Waals surface area contributed by atoms with Crippen molar-refractivity contribution in [2.45, 2.75) is 65.3 Å². The van der Waals surface area contributed by atoms with E-state index in [1.54, 1.807) is 0 Å². The highest BCUT2D eigenvalue weighted by Crippen LogP contribution is 2.69. The molecule has 5 nitrogen and oxygen atoms in total. The van der Waals surface area contributed by atoms with E-state index in [4.69, 9.17) is 0 Å². The summed E-state index contributed by atoms with van der Waals surface area (Å²) in [5.41, 5.74) is 0.569. The van der Waals surface area contributed by atoms with Crippen molar-refractivity contribution < 1.29 is 4.79 Å². The van der Waals surface area contributed by atoms with Gasteiger partial charge in [0.25, 0.3) is 0 Å². The fourth-order valence-corrected chi connectivity index (χ4v) is 6.54. The quantitative estimate of drug-likeness (QED) is 0.901. The Morgan fingerprint density at radius 1 is 1.27 bits per heavy atom. The summed E-state index contributed by atoms with van der Waals surface area (Å²) in [6, 6.07) is -0.108. The van der Waals surface area contributed by atoms with Crippen LogP contribution in [0.1, 0.15) is 71.2 Å². The zero-order chi connectivity index (χ0) is 15.6. The van der Waals surface area contributed by atoms with E-state index in [0.717, 1.165) is 31.0 Å². The molecule has 4 saturated carbocycles. The predicted octanol–water partition coefficient (Wildman–Crippen LogP) is 2.98. The van der Waals surface area contributed by atoms with Crippen LogP contribution >= 0.6 is 0 Å². The lowest BCUT2D eigenvalue weighted by Gasteiger charge is -2.64. The number of nitrogens with one attached hydrogen (secondary N) is 2. The molecule has 0 unspecified atom stereocenters. The summed E-state index contributed by atoms with van der Waals surface area (Å²) in [6.07, 6.45) is 8.60. The maximum atomic E-state index is 13.1. The van der Waals surface area contributed by atoms with Gasteiger partial charge in [0.05, 0.1) is 11.5 Å². The van der Waals surface area contributed by atoms with Crippen LogP contribution in [0.25, 0.3) is 0 Å². The summed E-state index contributed by atoms with van der Waals surface area (Å²) in [5.74, 6) is 1.70. The Morgan fingerprint density at radius 2 is 1.95 bits per heavy atom.